The van der Waals surface area contributed by atoms with Gasteiger partial charge in [0.05, 0.1) is 0 Å². The van der Waals surface area contributed by atoms with Gasteiger partial charge in [0.25, 0.3) is 0 Å². The molecular formula is C13H18O. The Morgan fingerprint density at radius 3 is 3.00 bits per heavy atom. The van der Waals surface area contributed by atoms with E-state index in [0.717, 1.165) is 6.42 Å². The van der Waals surface area contributed by atoms with Gasteiger partial charge in [-0.25, -0.2) is 0 Å². The molecule has 0 bridgehead atoms. The highest BCUT2D eigenvalue weighted by atomic mass is 16.3. The van der Waals surface area contributed by atoms with Crippen LogP contribution < -0.4 is 0 Å². The lowest BCUT2D eigenvalue weighted by molar-refractivity contribution is 0.223. The van der Waals surface area contributed by atoms with Crippen LogP contribution in [0.15, 0.2) is 24.3 Å². The average Bonchev–Trinajstić information content (AvgIpc) is 2.62. The van der Waals surface area contributed by atoms with E-state index >= 15 is 0 Å². The molecule has 0 heterocycles. The molecule has 1 aliphatic carbocycles. The van der Waals surface area contributed by atoms with Crippen LogP contribution in [0.2, 0.25) is 0 Å². The van der Waals surface area contributed by atoms with E-state index in [4.69, 9.17) is 5.11 Å². The van der Waals surface area contributed by atoms with Crippen molar-refractivity contribution in [1.29, 1.82) is 0 Å². The molecule has 0 saturated carbocycles. The zero-order chi connectivity index (χ0) is 9.97. The number of rotatable bonds is 3. The van der Waals surface area contributed by atoms with Gasteiger partial charge >= 0.3 is 0 Å². The maximum atomic E-state index is 9.04. The minimum Gasteiger partial charge on any atom is -0.396 e. The normalized spacial score (nSPS) is 22.0. The highest BCUT2D eigenvalue weighted by molar-refractivity contribution is 5.34. The van der Waals surface area contributed by atoms with Crippen LogP contribution in [0.5, 0.6) is 0 Å². The van der Waals surface area contributed by atoms with Crippen molar-refractivity contribution in [3.8, 4) is 0 Å². The third-order valence-corrected chi connectivity index (χ3v) is 3.26. The molecule has 0 fully saturated rings. The minimum absolute atomic E-state index is 0.318. The van der Waals surface area contributed by atoms with E-state index in [2.05, 4.69) is 31.2 Å². The fourth-order valence-corrected chi connectivity index (χ4v) is 2.45. The Morgan fingerprint density at radius 1 is 1.43 bits per heavy atom. The van der Waals surface area contributed by atoms with Crippen LogP contribution in [-0.4, -0.2) is 11.7 Å². The molecule has 1 N–H and O–H groups in total. The fraction of sp³-hybridized carbons (Fsp3) is 0.538. The molecule has 1 unspecified atom stereocenters. The second-order valence-electron chi connectivity index (χ2n) is 4.46. The van der Waals surface area contributed by atoms with Crippen molar-refractivity contribution < 1.29 is 5.11 Å². The molecule has 1 aromatic rings. The number of fused-ring (bicyclic) bond motifs is 1. The Hall–Kier alpha value is -0.820. The first-order chi connectivity index (χ1) is 6.81. The Balaban J connectivity index is 2.10. The Bertz CT molecular complexity index is 306. The van der Waals surface area contributed by atoms with Gasteiger partial charge in [-0.3, -0.25) is 0 Å². The van der Waals surface area contributed by atoms with Crippen LogP contribution in [0.3, 0.4) is 0 Å². The zero-order valence-corrected chi connectivity index (χ0v) is 8.74. The van der Waals surface area contributed by atoms with E-state index < -0.39 is 0 Å². The molecule has 1 aromatic carbocycles. The second kappa shape index (κ2) is 4.14. The summed E-state index contributed by atoms with van der Waals surface area (Å²) in [6, 6.07) is 8.73. The number of aliphatic hydroxyl groups excluding tert-OH is 1. The first-order valence-corrected chi connectivity index (χ1v) is 5.50. The van der Waals surface area contributed by atoms with E-state index in [-0.39, 0.29) is 0 Å². The van der Waals surface area contributed by atoms with Gasteiger partial charge in [-0.15, -0.1) is 0 Å². The number of hydrogen-bond acceptors (Lipinski definition) is 1. The summed E-state index contributed by atoms with van der Waals surface area (Å²) in [5, 5.41) is 9.04. The quantitative estimate of drug-likeness (QED) is 0.777. The molecule has 1 aliphatic rings. The van der Waals surface area contributed by atoms with Crippen LogP contribution in [0.4, 0.5) is 0 Å². The number of aryl methyl sites for hydroxylation is 1. The van der Waals surface area contributed by atoms with Gasteiger partial charge in [0.15, 0.2) is 0 Å². The molecule has 2 rings (SSSR count). The first kappa shape index (κ1) is 9.72. The number of benzene rings is 1. The molecule has 0 spiro atoms. The third kappa shape index (κ3) is 1.83. The van der Waals surface area contributed by atoms with Crippen molar-refractivity contribution in [2.75, 3.05) is 6.61 Å². The molecule has 14 heavy (non-hydrogen) atoms. The van der Waals surface area contributed by atoms with Crippen LogP contribution in [0.25, 0.3) is 0 Å². The maximum absolute atomic E-state index is 9.04. The third-order valence-electron chi connectivity index (χ3n) is 3.26. The van der Waals surface area contributed by atoms with Crippen molar-refractivity contribution in [2.24, 2.45) is 5.92 Å². The van der Waals surface area contributed by atoms with Crippen molar-refractivity contribution in [1.82, 2.24) is 0 Å². The van der Waals surface area contributed by atoms with Gasteiger partial charge in [0.2, 0.25) is 0 Å². The van der Waals surface area contributed by atoms with Gasteiger partial charge in [-0.1, -0.05) is 31.2 Å². The lowest BCUT2D eigenvalue weighted by Gasteiger charge is -2.15. The fourth-order valence-electron chi connectivity index (χ4n) is 2.45. The summed E-state index contributed by atoms with van der Waals surface area (Å²) < 4.78 is 0. The molecule has 2 atom stereocenters. The van der Waals surface area contributed by atoms with Gasteiger partial charge in [-0.05, 0) is 42.2 Å². The summed E-state index contributed by atoms with van der Waals surface area (Å²) in [5.74, 6) is 1.12. The van der Waals surface area contributed by atoms with Crippen molar-refractivity contribution >= 4 is 0 Å². The van der Waals surface area contributed by atoms with Gasteiger partial charge in [0, 0.05) is 6.61 Å². The molecule has 0 saturated heterocycles. The van der Waals surface area contributed by atoms with E-state index in [1.807, 2.05) is 0 Å². The Morgan fingerprint density at radius 2 is 2.21 bits per heavy atom. The zero-order valence-electron chi connectivity index (χ0n) is 8.74. The number of aliphatic hydroxyl groups is 1. The summed E-state index contributed by atoms with van der Waals surface area (Å²) in [4.78, 5) is 0. The van der Waals surface area contributed by atoms with Crippen molar-refractivity contribution in [3.05, 3.63) is 35.4 Å². The molecule has 0 amide bonds. The Kier molecular flexibility index (Phi) is 2.87. The lowest BCUT2D eigenvalue weighted by atomic mass is 9.91. The van der Waals surface area contributed by atoms with Gasteiger partial charge in [0.1, 0.15) is 0 Å². The summed E-state index contributed by atoms with van der Waals surface area (Å²) in [5.41, 5.74) is 3.04. The van der Waals surface area contributed by atoms with Crippen LogP contribution >= 0.6 is 0 Å². The van der Waals surface area contributed by atoms with E-state index in [0.29, 0.717) is 18.4 Å². The smallest absolute Gasteiger partial charge is 0.0456 e. The maximum Gasteiger partial charge on any atom is 0.0456 e. The highest BCUT2D eigenvalue weighted by Gasteiger charge is 2.22. The van der Waals surface area contributed by atoms with E-state index in [1.54, 1.807) is 0 Å². The molecule has 0 radical (unpaired) electrons. The second-order valence-corrected chi connectivity index (χ2v) is 4.46. The SMILES string of the molecule is C[C@H](CO)CC1CCc2ccccc21. The van der Waals surface area contributed by atoms with E-state index in [9.17, 15) is 0 Å². The summed E-state index contributed by atoms with van der Waals surface area (Å²) in [7, 11) is 0. The first-order valence-electron chi connectivity index (χ1n) is 5.50. The van der Waals surface area contributed by atoms with E-state index in [1.165, 1.54) is 24.0 Å². The van der Waals surface area contributed by atoms with Crippen LogP contribution in [0.1, 0.15) is 36.8 Å². The average molecular weight is 190 g/mol. The van der Waals surface area contributed by atoms with Gasteiger partial charge in [-0.2, -0.15) is 0 Å². The lowest BCUT2D eigenvalue weighted by Crippen LogP contribution is -2.06. The van der Waals surface area contributed by atoms with Crippen molar-refractivity contribution in [3.63, 3.8) is 0 Å². The molecular weight excluding hydrogens is 172 g/mol. The molecule has 0 aromatic heterocycles. The minimum atomic E-state index is 0.318. The monoisotopic (exact) mass is 190 g/mol. The Labute approximate surface area is 85.8 Å². The molecule has 76 valence electrons. The topological polar surface area (TPSA) is 20.2 Å². The predicted molar refractivity (Wildman–Crippen MR) is 58.4 cm³/mol. The summed E-state index contributed by atoms with van der Waals surface area (Å²) >= 11 is 0. The molecule has 1 heteroatoms. The highest BCUT2D eigenvalue weighted by Crippen LogP contribution is 2.36. The van der Waals surface area contributed by atoms with Gasteiger partial charge < -0.3 is 5.11 Å². The molecule has 0 aliphatic heterocycles. The molecule has 1 nitrogen and oxygen atoms in total. The number of hydrogen-bond donors (Lipinski definition) is 1. The van der Waals surface area contributed by atoms with Crippen molar-refractivity contribution in [2.45, 2.75) is 32.1 Å². The van der Waals surface area contributed by atoms with Crippen LogP contribution in [-0.2, 0) is 6.42 Å². The van der Waals surface area contributed by atoms with Crippen LogP contribution in [0, 0.1) is 5.92 Å². The standard InChI is InChI=1S/C13H18O/c1-10(9-14)8-12-7-6-11-4-2-3-5-13(11)12/h2-5,10,12,14H,6-9H2,1H3/t10-,12?/m0/s1. The summed E-state index contributed by atoms with van der Waals surface area (Å²) in [6.07, 6.45) is 3.62. The summed E-state index contributed by atoms with van der Waals surface area (Å²) in [6.45, 7) is 2.44. The predicted octanol–water partition coefficient (Wildman–Crippen LogP) is 2.73. The largest absolute Gasteiger partial charge is 0.396 e.